The van der Waals surface area contributed by atoms with Crippen LogP contribution >= 0.6 is 0 Å². The minimum Gasteiger partial charge on any atom is -0.496 e. The minimum absolute atomic E-state index is 0.104. The fourth-order valence-corrected chi connectivity index (χ4v) is 8.22. The van der Waals surface area contributed by atoms with Crippen LogP contribution in [0.15, 0.2) is 117 Å². The number of aliphatic imine (C=N–C) groups is 1. The number of allylic oxidation sites excluding steroid dienone is 2. The summed E-state index contributed by atoms with van der Waals surface area (Å²) in [5, 5.41) is 4.61. The maximum atomic E-state index is 14.0. The van der Waals surface area contributed by atoms with E-state index in [0.717, 1.165) is 29.6 Å². The third kappa shape index (κ3) is 4.77. The van der Waals surface area contributed by atoms with Crippen molar-refractivity contribution < 1.29 is 27.4 Å². The number of nitrogens with zero attached hydrogens (tertiary/aromatic N) is 1. The number of hydrogen-bond acceptors (Lipinski definition) is 8. The molecule has 0 radical (unpaired) electrons. The fourth-order valence-electron chi connectivity index (χ4n) is 6.59. The van der Waals surface area contributed by atoms with Crippen LogP contribution in [-0.4, -0.2) is 35.0 Å². The average molecular weight is 609 g/mol. The van der Waals surface area contributed by atoms with Crippen LogP contribution in [0.5, 0.6) is 17.2 Å². The van der Waals surface area contributed by atoms with Gasteiger partial charge in [-0.15, -0.1) is 0 Å². The van der Waals surface area contributed by atoms with Gasteiger partial charge in [-0.2, -0.15) is 0 Å². The van der Waals surface area contributed by atoms with E-state index in [9.17, 15) is 8.42 Å². The molecule has 3 atom stereocenters. The van der Waals surface area contributed by atoms with Crippen LogP contribution in [0.25, 0.3) is 5.70 Å². The molecule has 224 valence electrons. The van der Waals surface area contributed by atoms with Gasteiger partial charge in [-0.3, -0.25) is 4.99 Å². The Morgan fingerprint density at radius 1 is 0.955 bits per heavy atom. The Morgan fingerprint density at radius 3 is 2.57 bits per heavy atom. The monoisotopic (exact) mass is 608 g/mol. The second kappa shape index (κ2) is 11.1. The molecule has 0 spiro atoms. The van der Waals surface area contributed by atoms with Gasteiger partial charge in [0.25, 0.3) is 0 Å². The Bertz CT molecular complexity index is 1910. The number of sulfone groups is 1. The molecule has 3 aromatic rings. The molecule has 3 aliphatic heterocycles. The lowest BCUT2D eigenvalue weighted by atomic mass is 9.72. The third-order valence-electron chi connectivity index (χ3n) is 8.54. The molecular weight excluding hydrogens is 576 g/mol. The van der Waals surface area contributed by atoms with E-state index in [-0.39, 0.29) is 16.9 Å². The molecule has 0 saturated heterocycles. The fraction of sp³-hybridized carbons (Fsp3) is 0.229. The van der Waals surface area contributed by atoms with Gasteiger partial charge < -0.3 is 24.3 Å². The van der Waals surface area contributed by atoms with E-state index in [2.05, 4.69) is 17.2 Å². The van der Waals surface area contributed by atoms with Gasteiger partial charge in [-0.1, -0.05) is 37.3 Å². The molecule has 44 heavy (non-hydrogen) atoms. The number of nitrogens with one attached hydrogen (secondary N) is 1. The van der Waals surface area contributed by atoms with Crippen LogP contribution in [0, 0.1) is 5.92 Å². The van der Waals surface area contributed by atoms with Crippen LogP contribution in [0.3, 0.4) is 0 Å². The summed E-state index contributed by atoms with van der Waals surface area (Å²) >= 11 is 0. The van der Waals surface area contributed by atoms with Gasteiger partial charge in [-0.25, -0.2) is 8.42 Å². The summed E-state index contributed by atoms with van der Waals surface area (Å²) < 4.78 is 51.5. The number of fused-ring (bicyclic) bond motifs is 1. The summed E-state index contributed by atoms with van der Waals surface area (Å²) in [5.74, 6) is 2.20. The summed E-state index contributed by atoms with van der Waals surface area (Å²) in [5.41, 5.74) is 5.28. The zero-order valence-corrected chi connectivity index (χ0v) is 25.4. The summed E-state index contributed by atoms with van der Waals surface area (Å²) in [4.78, 5) is 4.83. The van der Waals surface area contributed by atoms with Crippen molar-refractivity contribution in [1.29, 1.82) is 0 Å². The van der Waals surface area contributed by atoms with Gasteiger partial charge in [0.15, 0.2) is 0 Å². The van der Waals surface area contributed by atoms with Crippen LogP contribution in [-0.2, 0) is 19.3 Å². The molecule has 1 N–H and O–H groups in total. The second-order valence-corrected chi connectivity index (χ2v) is 12.9. The summed E-state index contributed by atoms with van der Waals surface area (Å²) in [6.45, 7) is 2.18. The maximum Gasteiger partial charge on any atom is 0.202 e. The lowest BCUT2D eigenvalue weighted by Gasteiger charge is -2.34. The highest BCUT2D eigenvalue weighted by Gasteiger charge is 2.42. The Hall–Kier alpha value is -4.76. The molecule has 3 aromatic carbocycles. The number of benzene rings is 3. The number of ether oxygens (including phenoxy) is 4. The van der Waals surface area contributed by atoms with Crippen molar-refractivity contribution in [2.45, 2.75) is 36.7 Å². The molecule has 0 amide bonds. The van der Waals surface area contributed by atoms with E-state index in [1.807, 2.05) is 72.9 Å². The number of methoxy groups -OCH3 is 2. The molecule has 0 fully saturated rings. The van der Waals surface area contributed by atoms with E-state index in [4.69, 9.17) is 18.9 Å². The Kier molecular flexibility index (Phi) is 7.05. The lowest BCUT2D eigenvalue weighted by Crippen LogP contribution is -2.27. The van der Waals surface area contributed by atoms with Gasteiger partial charge in [0.2, 0.25) is 9.84 Å². The summed E-state index contributed by atoms with van der Waals surface area (Å²) in [6.07, 6.45) is 6.93. The van der Waals surface area contributed by atoms with Crippen molar-refractivity contribution in [3.63, 3.8) is 0 Å². The smallest absolute Gasteiger partial charge is 0.202 e. The van der Waals surface area contributed by atoms with Gasteiger partial charge in [0, 0.05) is 29.5 Å². The predicted octanol–water partition coefficient (Wildman–Crippen LogP) is 7.35. The SMILES string of the molecule is CO/C1=C/N=CC(c2ccc(OC)c3c2S(=O)(=O)C=C3Nc2cccc(Oc3ccccc3)c2)C2=C3C1=COC3CCC2C. The largest absolute Gasteiger partial charge is 0.496 e. The van der Waals surface area contributed by atoms with Crippen molar-refractivity contribution in [2.75, 3.05) is 19.5 Å². The van der Waals surface area contributed by atoms with Crippen LogP contribution in [0.2, 0.25) is 0 Å². The first-order chi connectivity index (χ1) is 21.4. The molecule has 0 bridgehead atoms. The van der Waals surface area contributed by atoms with Crippen molar-refractivity contribution in [2.24, 2.45) is 10.9 Å². The standard InChI is InChI=1S/C35H32N2O6S/c1-21-12-14-30-33-27(19-42-30)31(41-3)18-36-17-26(32(21)33)25-13-15-29(40-2)34-28(20-44(38,39)35(25)34)37-22-8-7-11-24(16-22)43-23-9-5-4-6-10-23/h4-11,13,15-21,26,30,37H,12,14H2,1-3H3/b31-18+,36-17?. The topological polar surface area (TPSA) is 95.5 Å². The van der Waals surface area contributed by atoms with Crippen LogP contribution in [0.4, 0.5) is 5.69 Å². The zero-order chi connectivity index (χ0) is 30.4. The molecule has 0 saturated carbocycles. The van der Waals surface area contributed by atoms with Gasteiger partial charge >= 0.3 is 0 Å². The molecule has 8 nitrogen and oxygen atoms in total. The highest BCUT2D eigenvalue weighted by Crippen LogP contribution is 2.51. The van der Waals surface area contributed by atoms with Gasteiger partial charge in [0.05, 0.1) is 53.8 Å². The highest BCUT2D eigenvalue weighted by atomic mass is 32.2. The predicted molar refractivity (Wildman–Crippen MR) is 169 cm³/mol. The maximum absolute atomic E-state index is 14.0. The third-order valence-corrected chi connectivity index (χ3v) is 10.1. The van der Waals surface area contributed by atoms with Crippen molar-refractivity contribution in [3.05, 3.63) is 118 Å². The van der Waals surface area contributed by atoms with E-state index in [0.29, 0.717) is 45.5 Å². The molecule has 3 heterocycles. The van der Waals surface area contributed by atoms with E-state index >= 15 is 0 Å². The van der Waals surface area contributed by atoms with Crippen LogP contribution < -0.4 is 14.8 Å². The quantitative estimate of drug-likeness (QED) is 0.300. The van der Waals surface area contributed by atoms with Gasteiger partial charge in [-0.05, 0) is 60.2 Å². The van der Waals surface area contributed by atoms with Crippen molar-refractivity contribution in [1.82, 2.24) is 0 Å². The van der Waals surface area contributed by atoms with Crippen molar-refractivity contribution >= 4 is 27.4 Å². The lowest BCUT2D eigenvalue weighted by molar-refractivity contribution is 0.170. The summed E-state index contributed by atoms with van der Waals surface area (Å²) in [6, 6.07) is 20.6. The van der Waals surface area contributed by atoms with Crippen molar-refractivity contribution in [3.8, 4) is 17.2 Å². The molecular formula is C35H32N2O6S. The van der Waals surface area contributed by atoms with Crippen LogP contribution in [0.1, 0.15) is 36.8 Å². The molecule has 9 heteroatoms. The van der Waals surface area contributed by atoms with E-state index in [1.165, 1.54) is 5.41 Å². The Balaban J connectivity index is 1.33. The van der Waals surface area contributed by atoms with Gasteiger partial charge in [0.1, 0.15) is 29.1 Å². The first-order valence-corrected chi connectivity index (χ1v) is 16.1. The normalized spacial score (nSPS) is 24.0. The zero-order valence-electron chi connectivity index (χ0n) is 24.6. The highest BCUT2D eigenvalue weighted by molar-refractivity contribution is 7.95. The Labute approximate surface area is 256 Å². The number of rotatable bonds is 7. The molecule has 0 aromatic heterocycles. The molecule has 1 aliphatic carbocycles. The minimum atomic E-state index is -3.86. The van der Waals surface area contributed by atoms with E-state index in [1.54, 1.807) is 26.7 Å². The molecule has 4 aliphatic rings. The summed E-state index contributed by atoms with van der Waals surface area (Å²) in [7, 11) is -0.689. The first kappa shape index (κ1) is 28.0. The second-order valence-electron chi connectivity index (χ2n) is 11.2. The number of hydrogen-bond donors (Lipinski definition) is 1. The molecule has 7 rings (SSSR count). The molecule has 3 unspecified atom stereocenters. The Morgan fingerprint density at radius 2 is 1.77 bits per heavy atom. The first-order valence-electron chi connectivity index (χ1n) is 14.5. The number of anilines is 1. The van der Waals surface area contributed by atoms with E-state index < -0.39 is 15.8 Å². The average Bonchev–Trinajstić information content (AvgIpc) is 3.55. The number of para-hydroxylation sites is 1.